The van der Waals surface area contributed by atoms with E-state index in [1.807, 2.05) is 6.20 Å². The molecule has 0 radical (unpaired) electrons. The van der Waals surface area contributed by atoms with E-state index in [4.69, 9.17) is 9.72 Å². The number of anilines is 4. The van der Waals surface area contributed by atoms with E-state index in [-0.39, 0.29) is 29.1 Å². The Hall–Kier alpha value is -8.67. The Morgan fingerprint density at radius 2 is 0.973 bits per heavy atom. The number of fused-ring (bicyclic) bond motifs is 4. The Labute approximate surface area is 432 Å². The van der Waals surface area contributed by atoms with E-state index in [1.54, 1.807) is 0 Å². The lowest BCUT2D eigenvalue weighted by molar-refractivity contribution is 0.483. The monoisotopic (exact) mass is 954 g/mol. The van der Waals surface area contributed by atoms with Crippen molar-refractivity contribution in [1.82, 2.24) is 9.55 Å². The molecular formula is C69H54N4O. The van der Waals surface area contributed by atoms with Gasteiger partial charge in [-0.05, 0) is 134 Å². The maximum Gasteiger partial charge on any atom is 0.137 e. The molecular weight excluding hydrogens is 901 g/mol. The van der Waals surface area contributed by atoms with Crippen molar-refractivity contribution in [3.8, 4) is 28.4 Å². The summed E-state index contributed by atoms with van der Waals surface area (Å²) in [6.07, 6.45) is 2.03. The van der Waals surface area contributed by atoms with Crippen LogP contribution in [0.2, 0.25) is 0 Å². The van der Waals surface area contributed by atoms with Gasteiger partial charge in [-0.15, -0.1) is 0 Å². The van der Waals surface area contributed by atoms with Crippen molar-refractivity contribution in [2.24, 2.45) is 0 Å². The summed E-state index contributed by atoms with van der Waals surface area (Å²) in [5.74, 6) is 3.31. The second kappa shape index (κ2) is 16.2. The third-order valence-corrected chi connectivity index (χ3v) is 16.9. The molecule has 2 aromatic heterocycles. The van der Waals surface area contributed by atoms with E-state index in [1.165, 1.54) is 83.6 Å². The van der Waals surface area contributed by atoms with E-state index < -0.39 is 0 Å². The molecule has 0 N–H and O–H groups in total. The van der Waals surface area contributed by atoms with Gasteiger partial charge in [0.25, 0.3) is 0 Å². The predicted octanol–water partition coefficient (Wildman–Crippen LogP) is 17.4. The van der Waals surface area contributed by atoms with E-state index in [2.05, 4.69) is 254 Å². The molecule has 0 amide bonds. The molecule has 74 heavy (non-hydrogen) atoms. The molecule has 3 heterocycles. The first-order chi connectivity index (χ1) is 36.2. The lowest BCUT2D eigenvalue weighted by Crippen LogP contribution is -2.36. The van der Waals surface area contributed by atoms with Crippen molar-refractivity contribution < 1.29 is 4.74 Å². The highest BCUT2D eigenvalue weighted by Crippen LogP contribution is 2.64. The minimum absolute atomic E-state index is 0.0985. The minimum Gasteiger partial charge on any atom is -0.457 e. The molecule has 1 aliphatic heterocycles. The van der Waals surface area contributed by atoms with Crippen LogP contribution in [0.4, 0.5) is 22.7 Å². The standard InChI is InChI=1S/C69H54N4O/c1-42-36-64(70-40-59(42)43-28-30-44(31-29-43)69(2,3)4)73-60-25-12-11-18-49(60)50-35-33-48(39-63(50)73)74-47-17-15-16-45(37-47)71-41-72(62-27-14-13-26-61(62)71)46-32-34-57-58(38-46)68-56-24-10-9-23-55(56)67(57)65-51-19-5-7-21-53(51)66(68)54-22-8-6-20-52(54)65/h5-40,65-68H,41H2,1-4H3. The molecule has 6 aliphatic carbocycles. The highest BCUT2D eigenvalue weighted by Gasteiger charge is 2.50. The summed E-state index contributed by atoms with van der Waals surface area (Å²) in [6.45, 7) is 9.62. The third-order valence-electron chi connectivity index (χ3n) is 16.9. The van der Waals surface area contributed by atoms with Crippen molar-refractivity contribution in [2.45, 2.75) is 56.8 Å². The zero-order valence-electron chi connectivity index (χ0n) is 42.0. The zero-order chi connectivity index (χ0) is 49.4. The first-order valence-electron chi connectivity index (χ1n) is 26.2. The summed E-state index contributed by atoms with van der Waals surface area (Å²) in [7, 11) is 0. The highest BCUT2D eigenvalue weighted by atomic mass is 16.5. The van der Waals surface area contributed by atoms with E-state index in [0.717, 1.165) is 45.0 Å². The first kappa shape index (κ1) is 43.0. The van der Waals surface area contributed by atoms with Crippen LogP contribution in [-0.2, 0) is 5.41 Å². The lowest BCUT2D eigenvalue weighted by atomic mass is 9.53. The van der Waals surface area contributed by atoms with Gasteiger partial charge >= 0.3 is 0 Å². The Morgan fingerprint density at radius 1 is 0.446 bits per heavy atom. The maximum atomic E-state index is 6.85. The van der Waals surface area contributed by atoms with Gasteiger partial charge in [0, 0.05) is 69.7 Å². The van der Waals surface area contributed by atoms with Crippen LogP contribution in [-0.4, -0.2) is 16.2 Å². The number of pyridine rings is 1. The quantitative estimate of drug-likeness (QED) is 0.166. The Balaban J connectivity index is 0.763. The minimum atomic E-state index is 0.0985. The number of ether oxygens (including phenoxy) is 1. The molecule has 2 atom stereocenters. The second-order valence-electron chi connectivity index (χ2n) is 21.9. The number of hydrogen-bond donors (Lipinski definition) is 0. The van der Waals surface area contributed by atoms with E-state index in [9.17, 15) is 0 Å². The number of nitrogens with zero attached hydrogens (tertiary/aromatic N) is 4. The van der Waals surface area contributed by atoms with Gasteiger partial charge in [-0.1, -0.05) is 160 Å². The summed E-state index contributed by atoms with van der Waals surface area (Å²) in [4.78, 5) is 10.1. The van der Waals surface area contributed by atoms with E-state index in [0.29, 0.717) is 6.67 Å². The first-order valence-corrected chi connectivity index (χ1v) is 26.2. The van der Waals surface area contributed by atoms with Gasteiger partial charge in [0.15, 0.2) is 0 Å². The topological polar surface area (TPSA) is 33.5 Å². The Bertz CT molecular complexity index is 4040. The molecule has 5 nitrogen and oxygen atoms in total. The molecule has 9 aromatic carbocycles. The molecule has 4 bridgehead atoms. The molecule has 7 aliphatic rings. The van der Waals surface area contributed by atoms with Gasteiger partial charge in [0.05, 0.1) is 22.4 Å². The fraction of sp³-hybridized carbons (Fsp3) is 0.145. The fourth-order valence-electron chi connectivity index (χ4n) is 13.5. The average molecular weight is 955 g/mol. The fourth-order valence-corrected chi connectivity index (χ4v) is 13.5. The smallest absolute Gasteiger partial charge is 0.137 e. The van der Waals surface area contributed by atoms with Crippen molar-refractivity contribution in [1.29, 1.82) is 0 Å². The van der Waals surface area contributed by atoms with Gasteiger partial charge in [0.1, 0.15) is 24.0 Å². The van der Waals surface area contributed by atoms with Gasteiger partial charge < -0.3 is 14.5 Å². The molecule has 5 heteroatoms. The van der Waals surface area contributed by atoms with Crippen LogP contribution in [0.25, 0.3) is 38.8 Å². The van der Waals surface area contributed by atoms with Crippen LogP contribution in [0, 0.1) is 6.92 Å². The van der Waals surface area contributed by atoms with Crippen LogP contribution in [0.5, 0.6) is 11.5 Å². The number of aryl methyl sites for hydroxylation is 1. The number of rotatable bonds is 6. The molecule has 18 rings (SSSR count). The molecule has 2 unspecified atom stereocenters. The zero-order valence-corrected chi connectivity index (χ0v) is 42.0. The Kier molecular flexibility index (Phi) is 9.39. The van der Waals surface area contributed by atoms with Crippen LogP contribution in [0.15, 0.2) is 219 Å². The third kappa shape index (κ3) is 6.45. The summed E-state index contributed by atoms with van der Waals surface area (Å²) in [6, 6.07) is 78.9. The van der Waals surface area contributed by atoms with Crippen LogP contribution >= 0.6 is 0 Å². The maximum absolute atomic E-state index is 6.85. The van der Waals surface area contributed by atoms with Gasteiger partial charge in [-0.2, -0.15) is 0 Å². The molecule has 0 fully saturated rings. The number of hydrogen-bond acceptors (Lipinski definition) is 4. The van der Waals surface area contributed by atoms with Crippen LogP contribution in [0.1, 0.15) is 100 Å². The number of para-hydroxylation sites is 3. The number of benzene rings is 9. The Morgan fingerprint density at radius 3 is 1.58 bits per heavy atom. The van der Waals surface area contributed by atoms with Crippen molar-refractivity contribution in [3.63, 3.8) is 0 Å². The molecule has 0 saturated carbocycles. The van der Waals surface area contributed by atoms with E-state index >= 15 is 0 Å². The van der Waals surface area contributed by atoms with Crippen LogP contribution in [0.3, 0.4) is 0 Å². The number of aromatic nitrogens is 2. The van der Waals surface area contributed by atoms with Gasteiger partial charge in [-0.25, -0.2) is 4.98 Å². The average Bonchev–Trinajstić information content (AvgIpc) is 3.98. The van der Waals surface area contributed by atoms with Crippen LogP contribution < -0.4 is 14.5 Å². The SMILES string of the molecule is Cc1cc(-n2c3ccccc3c3ccc(Oc4cccc(N5CN(c6ccc7c(c6)C6c8ccccc8C7C7c8ccccc8C6c6ccccc67)c6ccccc65)c4)cc32)ncc1-c1ccc(C(C)(C)C)cc1. The van der Waals surface area contributed by atoms with Gasteiger partial charge in [-0.3, -0.25) is 4.57 Å². The summed E-state index contributed by atoms with van der Waals surface area (Å²) < 4.78 is 9.13. The van der Waals surface area contributed by atoms with Crippen molar-refractivity contribution in [2.75, 3.05) is 16.5 Å². The molecule has 11 aromatic rings. The normalized spacial score (nSPS) is 17.9. The summed E-state index contributed by atoms with van der Waals surface area (Å²) >= 11 is 0. The largest absolute Gasteiger partial charge is 0.457 e. The summed E-state index contributed by atoms with van der Waals surface area (Å²) in [5, 5.41) is 2.34. The van der Waals surface area contributed by atoms with Crippen molar-refractivity contribution in [3.05, 3.63) is 274 Å². The predicted molar refractivity (Wildman–Crippen MR) is 303 cm³/mol. The summed E-state index contributed by atoms with van der Waals surface area (Å²) in [5.41, 5.74) is 23.5. The highest BCUT2D eigenvalue weighted by molar-refractivity contribution is 6.09. The molecule has 0 spiro atoms. The molecule has 0 saturated heterocycles. The van der Waals surface area contributed by atoms with Crippen molar-refractivity contribution >= 4 is 44.6 Å². The lowest BCUT2D eigenvalue weighted by Gasteiger charge is -2.50. The second-order valence-corrected chi connectivity index (χ2v) is 21.9. The van der Waals surface area contributed by atoms with Gasteiger partial charge in [0.2, 0.25) is 0 Å². The molecule has 356 valence electrons.